The van der Waals surface area contributed by atoms with Gasteiger partial charge in [-0.2, -0.15) is 0 Å². The number of hydrogen-bond acceptors (Lipinski definition) is 3. The maximum atomic E-state index is 9.42. The first kappa shape index (κ1) is 12.5. The molecule has 1 aliphatic carbocycles. The van der Waals surface area contributed by atoms with Crippen molar-refractivity contribution in [2.24, 2.45) is 5.92 Å². The Hall–Kier alpha value is -0.930. The molecule has 0 radical (unpaired) electrons. The number of aromatic nitrogens is 1. The highest BCUT2D eigenvalue weighted by Crippen LogP contribution is 2.23. The van der Waals surface area contributed by atoms with Crippen LogP contribution < -0.4 is 5.32 Å². The molecule has 1 aromatic heterocycles. The summed E-state index contributed by atoms with van der Waals surface area (Å²) in [6.07, 6.45) is 7.09. The molecule has 0 saturated heterocycles. The van der Waals surface area contributed by atoms with Crippen LogP contribution in [0.15, 0.2) is 24.4 Å². The highest BCUT2D eigenvalue weighted by molar-refractivity contribution is 5.03. The quantitative estimate of drug-likeness (QED) is 0.763. The fraction of sp³-hybridized carbons (Fsp3) is 0.643. The minimum Gasteiger partial charge on any atom is -0.393 e. The maximum Gasteiger partial charge on any atom is 0.0540 e. The van der Waals surface area contributed by atoms with E-state index in [4.69, 9.17) is 0 Å². The standard InChI is InChI=1S/C14H22N2O/c17-14-6-4-12(5-7-14)11-15-10-8-13-3-1-2-9-16-13/h1-3,9,12,14-15,17H,4-8,10-11H2. The molecule has 2 N–H and O–H groups in total. The monoisotopic (exact) mass is 234 g/mol. The van der Waals surface area contributed by atoms with Crippen LogP contribution in [-0.4, -0.2) is 29.3 Å². The molecule has 94 valence electrons. The summed E-state index contributed by atoms with van der Waals surface area (Å²) >= 11 is 0. The molecule has 2 rings (SSSR count). The van der Waals surface area contributed by atoms with E-state index in [9.17, 15) is 5.11 Å². The number of hydrogen-bond donors (Lipinski definition) is 2. The molecule has 17 heavy (non-hydrogen) atoms. The summed E-state index contributed by atoms with van der Waals surface area (Å²) in [6.45, 7) is 2.08. The van der Waals surface area contributed by atoms with E-state index in [2.05, 4.69) is 16.4 Å². The van der Waals surface area contributed by atoms with Gasteiger partial charge in [0.2, 0.25) is 0 Å². The van der Waals surface area contributed by atoms with E-state index >= 15 is 0 Å². The average molecular weight is 234 g/mol. The van der Waals surface area contributed by atoms with Crippen LogP contribution in [0.25, 0.3) is 0 Å². The van der Waals surface area contributed by atoms with Crippen molar-refractivity contribution in [3.05, 3.63) is 30.1 Å². The van der Waals surface area contributed by atoms with Crippen LogP contribution in [0.4, 0.5) is 0 Å². The number of rotatable bonds is 5. The SMILES string of the molecule is OC1CCC(CNCCc2ccccn2)CC1. The molecule has 0 aliphatic heterocycles. The molecule has 1 saturated carbocycles. The number of nitrogens with one attached hydrogen (secondary N) is 1. The van der Waals surface area contributed by atoms with Crippen molar-refractivity contribution in [1.29, 1.82) is 0 Å². The Morgan fingerprint density at radius 3 is 2.76 bits per heavy atom. The minimum atomic E-state index is -0.0419. The first-order valence-electron chi connectivity index (χ1n) is 6.63. The van der Waals surface area contributed by atoms with Crippen LogP contribution in [0.5, 0.6) is 0 Å². The van der Waals surface area contributed by atoms with E-state index in [1.54, 1.807) is 0 Å². The Kier molecular flexibility index (Phi) is 4.95. The molecule has 0 spiro atoms. The second kappa shape index (κ2) is 6.72. The molecule has 1 aromatic rings. The van der Waals surface area contributed by atoms with Crippen molar-refractivity contribution >= 4 is 0 Å². The number of pyridine rings is 1. The Labute approximate surface area is 103 Å². The van der Waals surface area contributed by atoms with E-state index in [1.807, 2.05) is 18.3 Å². The Morgan fingerprint density at radius 1 is 1.24 bits per heavy atom. The van der Waals surface area contributed by atoms with E-state index in [0.717, 1.165) is 56.8 Å². The molecule has 1 aliphatic rings. The van der Waals surface area contributed by atoms with Gasteiger partial charge in [-0.25, -0.2) is 0 Å². The Bertz CT molecular complexity index is 307. The summed E-state index contributed by atoms with van der Waals surface area (Å²) in [7, 11) is 0. The van der Waals surface area contributed by atoms with Gasteiger partial charge in [0.15, 0.2) is 0 Å². The Morgan fingerprint density at radius 2 is 2.06 bits per heavy atom. The highest BCUT2D eigenvalue weighted by atomic mass is 16.3. The van der Waals surface area contributed by atoms with Crippen LogP contribution in [0.1, 0.15) is 31.4 Å². The topological polar surface area (TPSA) is 45.1 Å². The zero-order chi connectivity index (χ0) is 11.9. The third kappa shape index (κ3) is 4.44. The molecule has 1 heterocycles. The third-order valence-corrected chi connectivity index (χ3v) is 3.53. The van der Waals surface area contributed by atoms with Crippen molar-refractivity contribution in [3.63, 3.8) is 0 Å². The normalized spacial score (nSPS) is 24.8. The lowest BCUT2D eigenvalue weighted by Gasteiger charge is -2.25. The lowest BCUT2D eigenvalue weighted by molar-refractivity contribution is 0.108. The first-order chi connectivity index (χ1) is 8.34. The van der Waals surface area contributed by atoms with Crippen LogP contribution in [0, 0.1) is 5.92 Å². The van der Waals surface area contributed by atoms with Crippen molar-refractivity contribution in [3.8, 4) is 0 Å². The zero-order valence-electron chi connectivity index (χ0n) is 10.3. The molecule has 3 nitrogen and oxygen atoms in total. The summed E-state index contributed by atoms with van der Waals surface area (Å²) in [5, 5.41) is 12.9. The molecule has 0 atom stereocenters. The van der Waals surface area contributed by atoms with E-state index in [-0.39, 0.29) is 6.10 Å². The van der Waals surface area contributed by atoms with Gasteiger partial charge in [-0.3, -0.25) is 4.98 Å². The van der Waals surface area contributed by atoms with Gasteiger partial charge in [0, 0.05) is 24.9 Å². The lowest BCUT2D eigenvalue weighted by atomic mass is 9.87. The van der Waals surface area contributed by atoms with E-state index in [0.29, 0.717) is 0 Å². The molecule has 0 unspecified atom stereocenters. The first-order valence-corrected chi connectivity index (χ1v) is 6.63. The number of nitrogens with zero attached hydrogens (tertiary/aromatic N) is 1. The van der Waals surface area contributed by atoms with Gasteiger partial charge in [-0.1, -0.05) is 6.07 Å². The smallest absolute Gasteiger partial charge is 0.0540 e. The predicted molar refractivity (Wildman–Crippen MR) is 68.8 cm³/mol. The van der Waals surface area contributed by atoms with Crippen molar-refractivity contribution in [1.82, 2.24) is 10.3 Å². The summed E-state index contributed by atoms with van der Waals surface area (Å²) in [4.78, 5) is 4.30. The predicted octanol–water partition coefficient (Wildman–Crippen LogP) is 1.76. The number of aliphatic hydroxyl groups is 1. The second-order valence-electron chi connectivity index (χ2n) is 4.95. The van der Waals surface area contributed by atoms with Crippen molar-refractivity contribution < 1.29 is 5.11 Å². The van der Waals surface area contributed by atoms with Gasteiger partial charge in [-0.15, -0.1) is 0 Å². The molecule has 0 amide bonds. The van der Waals surface area contributed by atoms with Gasteiger partial charge >= 0.3 is 0 Å². The van der Waals surface area contributed by atoms with Gasteiger partial charge in [0.05, 0.1) is 6.10 Å². The molecule has 1 fully saturated rings. The molecule has 0 bridgehead atoms. The van der Waals surface area contributed by atoms with Crippen LogP contribution in [0.2, 0.25) is 0 Å². The van der Waals surface area contributed by atoms with Crippen LogP contribution >= 0.6 is 0 Å². The molecule has 0 aromatic carbocycles. The van der Waals surface area contributed by atoms with E-state index < -0.39 is 0 Å². The van der Waals surface area contributed by atoms with E-state index in [1.165, 1.54) is 0 Å². The maximum absolute atomic E-state index is 9.42. The summed E-state index contributed by atoms with van der Waals surface area (Å²) in [5.41, 5.74) is 1.15. The van der Waals surface area contributed by atoms with Gasteiger partial charge in [-0.05, 0) is 50.3 Å². The lowest BCUT2D eigenvalue weighted by Crippen LogP contribution is -2.29. The van der Waals surface area contributed by atoms with Gasteiger partial charge in [0.25, 0.3) is 0 Å². The van der Waals surface area contributed by atoms with Crippen molar-refractivity contribution in [2.75, 3.05) is 13.1 Å². The number of aliphatic hydroxyl groups excluding tert-OH is 1. The van der Waals surface area contributed by atoms with Crippen molar-refractivity contribution in [2.45, 2.75) is 38.2 Å². The zero-order valence-corrected chi connectivity index (χ0v) is 10.3. The largest absolute Gasteiger partial charge is 0.393 e. The fourth-order valence-electron chi connectivity index (χ4n) is 2.42. The fourth-order valence-corrected chi connectivity index (χ4v) is 2.42. The van der Waals surface area contributed by atoms with Gasteiger partial charge < -0.3 is 10.4 Å². The average Bonchev–Trinajstić information content (AvgIpc) is 2.38. The summed E-state index contributed by atoms with van der Waals surface area (Å²) in [6, 6.07) is 6.05. The minimum absolute atomic E-state index is 0.0419. The summed E-state index contributed by atoms with van der Waals surface area (Å²) < 4.78 is 0. The molecule has 3 heteroatoms. The van der Waals surface area contributed by atoms with Gasteiger partial charge in [0.1, 0.15) is 0 Å². The Balaban J connectivity index is 1.57. The third-order valence-electron chi connectivity index (χ3n) is 3.53. The highest BCUT2D eigenvalue weighted by Gasteiger charge is 2.18. The van der Waals surface area contributed by atoms with Crippen LogP contribution in [-0.2, 0) is 6.42 Å². The summed E-state index contributed by atoms with van der Waals surface area (Å²) in [5.74, 6) is 0.752. The molecular weight excluding hydrogens is 212 g/mol. The van der Waals surface area contributed by atoms with Crippen LogP contribution in [0.3, 0.4) is 0 Å². The molecular formula is C14H22N2O. The second-order valence-corrected chi connectivity index (χ2v) is 4.95.